The van der Waals surface area contributed by atoms with Crippen LogP contribution in [0.15, 0.2) is 0 Å². The summed E-state index contributed by atoms with van der Waals surface area (Å²) in [5.74, 6) is -44.3. The van der Waals surface area contributed by atoms with Crippen LogP contribution in [0.25, 0.3) is 0 Å². The fourth-order valence-electron chi connectivity index (χ4n) is 5.13. The SMILES string of the molecule is CC(=O)N[C@H]1[C@@H](OCCCC(F)(F)C(F)(F)C(F)(F)C(F)(F)C(F)(F)C(F)(F)F)O[C@H](CO)[C@@H](O)[C@@H]1O[C@H](C)C(=O)N[C@H](C(=O)N[C@H](CCC(=O)O)C(N)=O)C(C)C. The number of hydrogen-bond acceptors (Lipinski definition) is 10. The summed E-state index contributed by atoms with van der Waals surface area (Å²) < 4.78 is 191. The van der Waals surface area contributed by atoms with Gasteiger partial charge in [-0.3, -0.25) is 24.0 Å². The average Bonchev–Trinajstić information content (AvgIpc) is 3.07. The van der Waals surface area contributed by atoms with E-state index in [4.69, 9.17) is 25.1 Å². The predicted octanol–water partition coefficient (Wildman–Crippen LogP) is 1.85. The summed E-state index contributed by atoms with van der Waals surface area (Å²) in [6, 6.07) is -4.78. The van der Waals surface area contributed by atoms with E-state index >= 15 is 0 Å². The van der Waals surface area contributed by atoms with Gasteiger partial charge in [-0.2, -0.15) is 57.1 Å². The van der Waals surface area contributed by atoms with Gasteiger partial charge in [-0.25, -0.2) is 0 Å². The third-order valence-corrected chi connectivity index (χ3v) is 8.42. The van der Waals surface area contributed by atoms with Crippen LogP contribution in [-0.2, 0) is 38.2 Å². The van der Waals surface area contributed by atoms with Crippen molar-refractivity contribution in [1.29, 1.82) is 0 Å². The number of aliphatic carboxylic acids is 1. The zero-order chi connectivity index (χ0) is 45.6. The Labute approximate surface area is 319 Å². The van der Waals surface area contributed by atoms with Crippen LogP contribution in [0.4, 0.5) is 57.1 Å². The summed E-state index contributed by atoms with van der Waals surface area (Å²) in [4.78, 5) is 60.8. The van der Waals surface area contributed by atoms with Crippen LogP contribution in [0.5, 0.6) is 0 Å². The summed E-state index contributed by atoms with van der Waals surface area (Å²) in [6.07, 6.45) is -22.3. The highest BCUT2D eigenvalue weighted by Crippen LogP contribution is 2.60. The van der Waals surface area contributed by atoms with Gasteiger partial charge in [0.2, 0.25) is 23.6 Å². The second-order valence-corrected chi connectivity index (χ2v) is 13.3. The topological polar surface area (TPSA) is 236 Å². The lowest BCUT2D eigenvalue weighted by molar-refractivity contribution is -0.440. The molecule has 1 aliphatic heterocycles. The Hall–Kier alpha value is -3.76. The molecule has 1 aliphatic rings. The van der Waals surface area contributed by atoms with Crippen LogP contribution in [0, 0.1) is 5.92 Å². The van der Waals surface area contributed by atoms with E-state index in [1.54, 1.807) is 0 Å². The molecule has 15 nitrogen and oxygen atoms in total. The number of primary amides is 1. The molecule has 0 spiro atoms. The van der Waals surface area contributed by atoms with Gasteiger partial charge in [0.25, 0.3) is 0 Å². The Morgan fingerprint density at radius 2 is 1.36 bits per heavy atom. The average molecular weight is 881 g/mol. The van der Waals surface area contributed by atoms with Crippen molar-refractivity contribution in [3.63, 3.8) is 0 Å². The van der Waals surface area contributed by atoms with Crippen LogP contribution >= 0.6 is 0 Å². The molecule has 0 aromatic heterocycles. The minimum atomic E-state index is -8.09. The number of hydrogen-bond donors (Lipinski definition) is 7. The molecule has 0 aromatic rings. The number of rotatable bonds is 22. The van der Waals surface area contributed by atoms with Crippen molar-refractivity contribution in [1.82, 2.24) is 16.0 Å². The molecule has 0 saturated carbocycles. The van der Waals surface area contributed by atoms with Crippen molar-refractivity contribution in [3.8, 4) is 0 Å². The van der Waals surface area contributed by atoms with Crippen molar-refractivity contribution >= 4 is 29.6 Å². The number of alkyl halides is 13. The minimum absolute atomic E-state index is 0.424. The lowest BCUT2D eigenvalue weighted by Crippen LogP contribution is -2.70. The molecule has 0 radical (unpaired) electrons. The number of ether oxygens (including phenoxy) is 3. The summed E-state index contributed by atoms with van der Waals surface area (Å²) in [5, 5.41) is 36.0. The summed E-state index contributed by atoms with van der Waals surface area (Å²) in [6.45, 7) is 2.25. The highest BCUT2D eigenvalue weighted by atomic mass is 19.4. The Morgan fingerprint density at radius 1 is 0.828 bits per heavy atom. The highest BCUT2D eigenvalue weighted by Gasteiger charge is 2.90. The van der Waals surface area contributed by atoms with Crippen molar-refractivity contribution in [2.24, 2.45) is 11.7 Å². The van der Waals surface area contributed by atoms with E-state index in [2.05, 4.69) is 16.0 Å². The van der Waals surface area contributed by atoms with E-state index in [0.29, 0.717) is 0 Å². The molecule has 4 amide bonds. The summed E-state index contributed by atoms with van der Waals surface area (Å²) in [7, 11) is 0. The highest BCUT2D eigenvalue weighted by molar-refractivity contribution is 5.92. The second-order valence-electron chi connectivity index (χ2n) is 13.3. The van der Waals surface area contributed by atoms with Gasteiger partial charge in [0.05, 0.1) is 13.2 Å². The Kier molecular flexibility index (Phi) is 17.6. The number of amides is 4. The van der Waals surface area contributed by atoms with Crippen LogP contribution < -0.4 is 21.7 Å². The molecule has 28 heteroatoms. The number of carboxylic acid groups (broad SMARTS) is 1. The fraction of sp³-hybridized carbons (Fsp3) is 0.833. The van der Waals surface area contributed by atoms with Gasteiger partial charge in [-0.1, -0.05) is 13.8 Å². The zero-order valence-electron chi connectivity index (χ0n) is 30.5. The maximum absolute atomic E-state index is 14.3. The monoisotopic (exact) mass is 880 g/mol. The Morgan fingerprint density at radius 3 is 1.81 bits per heavy atom. The summed E-state index contributed by atoms with van der Waals surface area (Å²) in [5.41, 5.74) is 5.21. The first-order chi connectivity index (χ1) is 26.1. The zero-order valence-corrected chi connectivity index (χ0v) is 30.5. The minimum Gasteiger partial charge on any atom is -0.481 e. The van der Waals surface area contributed by atoms with E-state index in [9.17, 15) is 91.3 Å². The number of nitrogens with two attached hydrogens (primary N) is 1. The van der Waals surface area contributed by atoms with Crippen LogP contribution in [0.3, 0.4) is 0 Å². The Bertz CT molecular complexity index is 1460. The number of carbonyl (C=O) groups is 5. The normalized spacial score (nSPS) is 22.8. The number of nitrogens with one attached hydrogen (secondary N) is 3. The van der Waals surface area contributed by atoms with E-state index in [-0.39, 0.29) is 0 Å². The quantitative estimate of drug-likeness (QED) is 0.0613. The largest absolute Gasteiger partial charge is 0.481 e. The van der Waals surface area contributed by atoms with Crippen molar-refractivity contribution in [2.75, 3.05) is 13.2 Å². The van der Waals surface area contributed by atoms with Crippen molar-refractivity contribution in [3.05, 3.63) is 0 Å². The molecule has 1 saturated heterocycles. The number of carbonyl (C=O) groups excluding carboxylic acids is 4. The van der Waals surface area contributed by atoms with Gasteiger partial charge in [0.15, 0.2) is 6.29 Å². The van der Waals surface area contributed by atoms with Gasteiger partial charge >= 0.3 is 41.8 Å². The lowest BCUT2D eigenvalue weighted by Gasteiger charge is -2.44. The Balaban J connectivity index is 3.24. The lowest BCUT2D eigenvalue weighted by atomic mass is 9.92. The third-order valence-electron chi connectivity index (χ3n) is 8.42. The molecule has 1 rings (SSSR count). The second kappa shape index (κ2) is 19.5. The van der Waals surface area contributed by atoms with Gasteiger partial charge in [0.1, 0.15) is 42.5 Å². The third kappa shape index (κ3) is 11.7. The molecule has 58 heavy (non-hydrogen) atoms. The molecule has 1 heterocycles. The summed E-state index contributed by atoms with van der Waals surface area (Å²) >= 11 is 0. The van der Waals surface area contributed by atoms with Crippen LogP contribution in [0.2, 0.25) is 0 Å². The molecule has 1 fully saturated rings. The molecule has 0 unspecified atom stereocenters. The maximum Gasteiger partial charge on any atom is 0.460 e. The molecular weight excluding hydrogens is 839 g/mol. The van der Waals surface area contributed by atoms with E-state index in [1.165, 1.54) is 13.8 Å². The predicted molar refractivity (Wildman–Crippen MR) is 164 cm³/mol. The number of aliphatic hydroxyl groups excluding tert-OH is 2. The number of halogens is 13. The van der Waals surface area contributed by atoms with E-state index < -0.39 is 159 Å². The molecule has 0 aromatic carbocycles. The molecule has 8 atom stereocenters. The van der Waals surface area contributed by atoms with Crippen molar-refractivity contribution < 1.29 is 111 Å². The molecular formula is C30H41F13N4O11. The van der Waals surface area contributed by atoms with E-state index in [0.717, 1.165) is 13.8 Å². The van der Waals surface area contributed by atoms with Gasteiger partial charge in [-0.15, -0.1) is 0 Å². The standard InChI is InChI=1S/C30H41F13N4O11/c1-11(2)17(23(55)46-14(21(44)53)6-7-16(50)51)47-22(54)12(3)57-20-18(45-13(4)49)24(58-15(10-48)19(20)52)56-9-5-8-25(31,32)26(33,34)27(35,36)28(37,38)29(39,40)30(41,42)43/h11-12,14-15,17-20,24,48,52H,5-10H2,1-4H3,(H2,44,53)(H,45,49)(H,46,55)(H,47,54)(H,50,51)/t12-,14-,15-,17+,18-,19-,20-,24+/m1/s1. The fourth-order valence-corrected chi connectivity index (χ4v) is 5.13. The van der Waals surface area contributed by atoms with Gasteiger partial charge in [0, 0.05) is 19.8 Å². The van der Waals surface area contributed by atoms with Crippen LogP contribution in [-0.4, -0.2) is 143 Å². The maximum atomic E-state index is 14.3. The molecule has 0 aliphatic carbocycles. The smallest absolute Gasteiger partial charge is 0.460 e. The molecule has 0 bridgehead atoms. The van der Waals surface area contributed by atoms with Gasteiger partial charge < -0.3 is 51.2 Å². The number of carboxylic acids is 1. The molecule has 338 valence electrons. The number of aliphatic hydroxyl groups is 2. The van der Waals surface area contributed by atoms with E-state index in [1.807, 2.05) is 0 Å². The van der Waals surface area contributed by atoms with Crippen LogP contribution in [0.1, 0.15) is 53.4 Å². The first-order valence-electron chi connectivity index (χ1n) is 16.7. The van der Waals surface area contributed by atoms with Gasteiger partial charge in [-0.05, 0) is 25.7 Å². The molecule has 8 N–H and O–H groups in total. The first kappa shape index (κ1) is 52.3. The first-order valence-corrected chi connectivity index (χ1v) is 16.7. The van der Waals surface area contributed by atoms with Crippen molar-refractivity contribution in [2.45, 2.75) is 138 Å².